The van der Waals surface area contributed by atoms with Crippen molar-refractivity contribution in [2.45, 2.75) is 44.7 Å². The number of halogens is 1. The molecule has 1 saturated carbocycles. The third kappa shape index (κ3) is 3.48. The number of hydrogen-bond donors (Lipinski definition) is 2. The Kier molecular flexibility index (Phi) is 5.13. The average molecular weight is 417 g/mol. The lowest BCUT2D eigenvalue weighted by Crippen LogP contribution is -2.47. The molecule has 1 unspecified atom stereocenters. The maximum absolute atomic E-state index is 15.3. The van der Waals surface area contributed by atoms with Crippen LogP contribution in [-0.4, -0.2) is 47.8 Å². The molecule has 2 N–H and O–H groups in total. The molecule has 9 heteroatoms. The van der Waals surface area contributed by atoms with Gasteiger partial charge in [0.15, 0.2) is 11.6 Å². The summed E-state index contributed by atoms with van der Waals surface area (Å²) < 4.78 is 22.6. The van der Waals surface area contributed by atoms with Gasteiger partial charge in [-0.15, -0.1) is 0 Å². The lowest BCUT2D eigenvalue weighted by atomic mass is 10.0. The smallest absolute Gasteiger partial charge is 0.341 e. The third-order valence-corrected chi connectivity index (χ3v) is 5.72. The number of pyridine rings is 1. The molecule has 1 aromatic heterocycles. The van der Waals surface area contributed by atoms with Gasteiger partial charge in [0.2, 0.25) is 11.3 Å². The SMILES string of the molecule is COc1c(N2CCCC(NC(C)=O)C2)c(F)cc2c(=O)c(C(=O)O)cn(C3CC3)c12. The van der Waals surface area contributed by atoms with Crippen molar-refractivity contribution in [3.63, 3.8) is 0 Å². The van der Waals surface area contributed by atoms with E-state index in [1.165, 1.54) is 20.2 Å². The number of benzene rings is 1. The van der Waals surface area contributed by atoms with E-state index in [0.29, 0.717) is 18.6 Å². The molecular formula is C21H24FN3O5. The fourth-order valence-electron chi connectivity index (χ4n) is 4.31. The first-order valence-electron chi connectivity index (χ1n) is 10.0. The van der Waals surface area contributed by atoms with Crippen LogP contribution in [0.15, 0.2) is 17.1 Å². The summed E-state index contributed by atoms with van der Waals surface area (Å²) in [5.74, 6) is -1.91. The predicted octanol–water partition coefficient (Wildman–Crippen LogP) is 2.29. The summed E-state index contributed by atoms with van der Waals surface area (Å²) in [6.45, 7) is 2.44. The number of carbonyl (C=O) groups excluding carboxylic acids is 1. The minimum Gasteiger partial charge on any atom is -0.492 e. The van der Waals surface area contributed by atoms with Crippen molar-refractivity contribution in [1.82, 2.24) is 9.88 Å². The van der Waals surface area contributed by atoms with Crippen LogP contribution in [-0.2, 0) is 4.79 Å². The van der Waals surface area contributed by atoms with E-state index >= 15 is 4.39 Å². The van der Waals surface area contributed by atoms with Crippen LogP contribution in [0.2, 0.25) is 0 Å². The van der Waals surface area contributed by atoms with Gasteiger partial charge in [-0.05, 0) is 31.7 Å². The second-order valence-corrected chi connectivity index (χ2v) is 7.94. The molecular weight excluding hydrogens is 393 g/mol. The summed E-state index contributed by atoms with van der Waals surface area (Å²) in [5, 5.41) is 12.3. The number of fused-ring (bicyclic) bond motifs is 1. The lowest BCUT2D eigenvalue weighted by molar-refractivity contribution is -0.119. The number of nitrogens with zero attached hydrogens (tertiary/aromatic N) is 2. The van der Waals surface area contributed by atoms with Gasteiger partial charge in [0.05, 0.1) is 18.0 Å². The first kappa shape index (κ1) is 20.2. The highest BCUT2D eigenvalue weighted by molar-refractivity contribution is 5.97. The van der Waals surface area contributed by atoms with Crippen molar-refractivity contribution in [2.75, 3.05) is 25.1 Å². The number of anilines is 1. The van der Waals surface area contributed by atoms with E-state index in [-0.39, 0.29) is 40.4 Å². The van der Waals surface area contributed by atoms with E-state index < -0.39 is 17.2 Å². The Morgan fingerprint density at radius 1 is 1.30 bits per heavy atom. The molecule has 2 aliphatic rings. The molecule has 1 aliphatic carbocycles. The van der Waals surface area contributed by atoms with Gasteiger partial charge in [-0.25, -0.2) is 9.18 Å². The van der Waals surface area contributed by atoms with Crippen LogP contribution in [0.4, 0.5) is 10.1 Å². The first-order chi connectivity index (χ1) is 14.3. The summed E-state index contributed by atoms with van der Waals surface area (Å²) in [4.78, 5) is 37.6. The number of piperidine rings is 1. The van der Waals surface area contributed by atoms with E-state index in [2.05, 4.69) is 5.32 Å². The molecule has 0 bridgehead atoms. The van der Waals surface area contributed by atoms with Gasteiger partial charge in [0, 0.05) is 38.3 Å². The van der Waals surface area contributed by atoms with E-state index in [4.69, 9.17) is 4.74 Å². The van der Waals surface area contributed by atoms with Crippen molar-refractivity contribution in [2.24, 2.45) is 0 Å². The molecule has 2 aromatic rings. The number of amides is 1. The molecule has 30 heavy (non-hydrogen) atoms. The van der Waals surface area contributed by atoms with Crippen LogP contribution in [0.25, 0.3) is 10.9 Å². The van der Waals surface area contributed by atoms with Crippen molar-refractivity contribution >= 4 is 28.5 Å². The van der Waals surface area contributed by atoms with Gasteiger partial charge in [0.1, 0.15) is 11.3 Å². The van der Waals surface area contributed by atoms with Crippen molar-refractivity contribution in [1.29, 1.82) is 0 Å². The van der Waals surface area contributed by atoms with Gasteiger partial charge < -0.3 is 24.6 Å². The van der Waals surface area contributed by atoms with Gasteiger partial charge in [0.25, 0.3) is 0 Å². The first-order valence-corrected chi connectivity index (χ1v) is 10.0. The van der Waals surface area contributed by atoms with Gasteiger partial charge in [-0.2, -0.15) is 0 Å². The summed E-state index contributed by atoms with van der Waals surface area (Å²) in [6.07, 6.45) is 4.59. The lowest BCUT2D eigenvalue weighted by Gasteiger charge is -2.35. The van der Waals surface area contributed by atoms with Crippen LogP contribution in [0.5, 0.6) is 5.75 Å². The Hall–Kier alpha value is -3.10. The number of methoxy groups -OCH3 is 1. The molecule has 1 amide bonds. The van der Waals surface area contributed by atoms with Crippen LogP contribution < -0.4 is 20.4 Å². The summed E-state index contributed by atoms with van der Waals surface area (Å²) >= 11 is 0. The maximum Gasteiger partial charge on any atom is 0.341 e. The topological polar surface area (TPSA) is 101 Å². The van der Waals surface area contributed by atoms with Crippen molar-refractivity contribution in [3.05, 3.63) is 33.9 Å². The molecule has 0 radical (unpaired) electrons. The zero-order valence-corrected chi connectivity index (χ0v) is 16.9. The van der Waals surface area contributed by atoms with Gasteiger partial charge >= 0.3 is 5.97 Å². The number of nitrogens with one attached hydrogen (secondary N) is 1. The highest BCUT2D eigenvalue weighted by Gasteiger charge is 2.32. The molecule has 2 fully saturated rings. The average Bonchev–Trinajstić information content (AvgIpc) is 3.52. The Bertz CT molecular complexity index is 1090. The van der Waals surface area contributed by atoms with E-state index in [0.717, 1.165) is 31.7 Å². The number of carboxylic acids is 1. The maximum atomic E-state index is 15.3. The number of carboxylic acid groups (broad SMARTS) is 1. The number of ether oxygens (including phenoxy) is 1. The van der Waals surface area contributed by atoms with E-state index in [1.807, 2.05) is 4.90 Å². The van der Waals surface area contributed by atoms with Crippen molar-refractivity contribution in [3.8, 4) is 5.75 Å². The second-order valence-electron chi connectivity index (χ2n) is 7.94. The molecule has 1 atom stereocenters. The fraction of sp³-hybridized carbons (Fsp3) is 0.476. The largest absolute Gasteiger partial charge is 0.492 e. The van der Waals surface area contributed by atoms with Gasteiger partial charge in [-0.1, -0.05) is 0 Å². The normalized spacial score (nSPS) is 19.0. The number of carbonyl (C=O) groups is 2. The number of aromatic carboxylic acids is 1. The van der Waals surface area contributed by atoms with E-state index in [1.54, 1.807) is 4.57 Å². The summed E-state index contributed by atoms with van der Waals surface area (Å²) in [5.41, 5.74) is -0.467. The monoisotopic (exact) mass is 417 g/mol. The highest BCUT2D eigenvalue weighted by Crippen LogP contribution is 2.44. The van der Waals surface area contributed by atoms with E-state index in [9.17, 15) is 19.5 Å². The standard InChI is InChI=1S/C21H24FN3O5/c1-11(26)23-12-4-3-7-24(9-12)18-16(22)8-14-17(20(18)30-2)25(13-5-6-13)10-15(19(14)27)21(28)29/h8,10,12-13H,3-7,9H2,1-2H3,(H,23,26)(H,28,29). The molecule has 1 aliphatic heterocycles. The Balaban J connectivity index is 1.91. The van der Waals surface area contributed by atoms with Crippen LogP contribution in [0.3, 0.4) is 0 Å². The predicted molar refractivity (Wildman–Crippen MR) is 109 cm³/mol. The van der Waals surface area contributed by atoms with Crippen LogP contribution >= 0.6 is 0 Å². The van der Waals surface area contributed by atoms with Crippen LogP contribution in [0.1, 0.15) is 49.0 Å². The minimum absolute atomic E-state index is 0.00433. The van der Waals surface area contributed by atoms with Gasteiger partial charge in [-0.3, -0.25) is 9.59 Å². The third-order valence-electron chi connectivity index (χ3n) is 5.72. The quantitative estimate of drug-likeness (QED) is 0.774. The molecule has 1 aromatic carbocycles. The summed E-state index contributed by atoms with van der Waals surface area (Å²) in [7, 11) is 1.42. The molecule has 160 valence electrons. The highest BCUT2D eigenvalue weighted by atomic mass is 19.1. The number of hydrogen-bond acceptors (Lipinski definition) is 5. The molecule has 0 spiro atoms. The molecule has 2 heterocycles. The Labute approximate surface area is 172 Å². The summed E-state index contributed by atoms with van der Waals surface area (Å²) in [6, 6.07) is 1.05. The van der Waals surface area contributed by atoms with Crippen molar-refractivity contribution < 1.29 is 23.8 Å². The zero-order valence-electron chi connectivity index (χ0n) is 16.9. The fourth-order valence-corrected chi connectivity index (χ4v) is 4.31. The Morgan fingerprint density at radius 3 is 2.63 bits per heavy atom. The molecule has 1 saturated heterocycles. The molecule has 8 nitrogen and oxygen atoms in total. The van der Waals surface area contributed by atoms with Crippen LogP contribution in [0, 0.1) is 5.82 Å². The molecule has 4 rings (SSSR count). The zero-order chi connectivity index (χ0) is 21.6. The number of rotatable bonds is 5. The minimum atomic E-state index is -1.34. The second kappa shape index (κ2) is 7.62. The Morgan fingerprint density at radius 2 is 2.03 bits per heavy atom. The number of aromatic nitrogens is 1.